The van der Waals surface area contributed by atoms with Gasteiger partial charge in [-0.25, -0.2) is 17.8 Å². The zero-order valence-electron chi connectivity index (χ0n) is 16.6. The van der Waals surface area contributed by atoms with Crippen LogP contribution < -0.4 is 15.9 Å². The predicted octanol–water partition coefficient (Wildman–Crippen LogP) is 2.72. The van der Waals surface area contributed by atoms with Crippen LogP contribution in [0.2, 0.25) is 0 Å². The van der Waals surface area contributed by atoms with Gasteiger partial charge in [0.1, 0.15) is 11.6 Å². The van der Waals surface area contributed by atoms with Crippen LogP contribution >= 0.6 is 0 Å². The van der Waals surface area contributed by atoms with Crippen molar-refractivity contribution in [3.05, 3.63) is 57.8 Å². The average Bonchev–Trinajstić information content (AvgIpc) is 2.73. The molecule has 0 aliphatic carbocycles. The Labute approximate surface area is 174 Å². The molecule has 1 aliphatic heterocycles. The van der Waals surface area contributed by atoms with Crippen LogP contribution in [0.15, 0.2) is 35.3 Å². The molecule has 8 nitrogen and oxygen atoms in total. The molecule has 1 fully saturated rings. The first kappa shape index (κ1) is 20.9. The Morgan fingerprint density at radius 2 is 1.90 bits per heavy atom. The molecule has 2 N–H and O–H groups in total. The first-order chi connectivity index (χ1) is 14.8. The maximum Gasteiger partial charge on any atom is 0.316 e. The van der Waals surface area contributed by atoms with E-state index in [4.69, 9.17) is 4.74 Å². The maximum absolute atomic E-state index is 14.6. The van der Waals surface area contributed by atoms with E-state index >= 15 is 0 Å². The molecule has 1 unspecified atom stereocenters. The van der Waals surface area contributed by atoms with Crippen LogP contribution in [0, 0.1) is 5.82 Å². The first-order valence-corrected chi connectivity index (χ1v) is 9.64. The lowest BCUT2D eigenvalue weighted by atomic mass is 10.0. The molecule has 1 aliphatic rings. The fourth-order valence-electron chi connectivity index (χ4n) is 3.54. The van der Waals surface area contributed by atoms with Gasteiger partial charge in [-0.2, -0.15) is 9.97 Å². The van der Waals surface area contributed by atoms with Gasteiger partial charge in [-0.1, -0.05) is 18.2 Å². The minimum atomic E-state index is -2.95. The topological polar surface area (TPSA) is 92.5 Å². The molecule has 1 saturated heterocycles. The number of morpholine rings is 1. The van der Waals surface area contributed by atoms with Crippen molar-refractivity contribution in [2.75, 3.05) is 36.6 Å². The van der Waals surface area contributed by atoms with Crippen LogP contribution in [0.5, 0.6) is 6.01 Å². The smallest absolute Gasteiger partial charge is 0.316 e. The van der Waals surface area contributed by atoms with E-state index in [0.717, 1.165) is 6.07 Å². The number of nitrogens with zero attached hydrogens (tertiary/aromatic N) is 4. The fourth-order valence-corrected chi connectivity index (χ4v) is 3.54. The molecule has 31 heavy (non-hydrogen) atoms. The average molecular weight is 435 g/mol. The van der Waals surface area contributed by atoms with Gasteiger partial charge in [0.2, 0.25) is 0 Å². The number of aromatic nitrogens is 3. The molecule has 4 rings (SSSR count). The summed E-state index contributed by atoms with van der Waals surface area (Å²) in [7, 11) is 0. The lowest BCUT2D eigenvalue weighted by Gasteiger charge is -2.30. The van der Waals surface area contributed by atoms with E-state index in [1.54, 1.807) is 11.9 Å². The van der Waals surface area contributed by atoms with Crippen molar-refractivity contribution in [3.8, 4) is 6.01 Å². The summed E-state index contributed by atoms with van der Waals surface area (Å²) >= 11 is 0. The van der Waals surface area contributed by atoms with Gasteiger partial charge < -0.3 is 20.2 Å². The van der Waals surface area contributed by atoms with Crippen LogP contribution in [-0.4, -0.2) is 46.1 Å². The summed E-state index contributed by atoms with van der Waals surface area (Å²) in [4.78, 5) is 20.4. The van der Waals surface area contributed by atoms with E-state index in [1.165, 1.54) is 29.1 Å². The van der Waals surface area contributed by atoms with Crippen molar-refractivity contribution in [2.45, 2.75) is 19.4 Å². The van der Waals surface area contributed by atoms with Crippen molar-refractivity contribution in [1.82, 2.24) is 14.6 Å². The molecule has 1 atom stereocenters. The number of aromatic hydroxyl groups is 1. The van der Waals surface area contributed by atoms with E-state index in [1.807, 2.05) is 0 Å². The highest BCUT2D eigenvalue weighted by Crippen LogP contribution is 2.30. The third kappa shape index (κ3) is 4.13. The number of hydrogen-bond acceptors (Lipinski definition) is 7. The highest BCUT2D eigenvalue weighted by molar-refractivity contribution is 5.88. The Bertz CT molecular complexity index is 1160. The van der Waals surface area contributed by atoms with E-state index in [-0.39, 0.29) is 22.5 Å². The Morgan fingerprint density at radius 1 is 1.19 bits per heavy atom. The number of halogens is 3. The molecule has 1 aromatic carbocycles. The summed E-state index contributed by atoms with van der Waals surface area (Å²) in [6, 6.07) is 3.70. The Kier molecular flexibility index (Phi) is 5.68. The van der Waals surface area contributed by atoms with Crippen LogP contribution in [-0.2, 0) is 4.74 Å². The summed E-state index contributed by atoms with van der Waals surface area (Å²) in [5, 5.41) is 15.1. The molecular weight excluding hydrogens is 415 g/mol. The number of benzene rings is 1. The minimum absolute atomic E-state index is 0.0190. The van der Waals surface area contributed by atoms with Gasteiger partial charge in [0.25, 0.3) is 12.0 Å². The number of hydrogen-bond donors (Lipinski definition) is 2. The Balaban J connectivity index is 1.75. The van der Waals surface area contributed by atoms with Gasteiger partial charge in [0.15, 0.2) is 0 Å². The number of fused-ring (bicyclic) bond motifs is 1. The van der Waals surface area contributed by atoms with Crippen LogP contribution in [0.1, 0.15) is 30.5 Å². The van der Waals surface area contributed by atoms with Gasteiger partial charge in [-0.3, -0.25) is 4.79 Å². The molecular formula is C20H20F3N5O3. The van der Waals surface area contributed by atoms with Crippen LogP contribution in [0.25, 0.3) is 10.9 Å². The molecule has 0 saturated carbocycles. The molecule has 0 radical (unpaired) electrons. The molecule has 0 bridgehead atoms. The van der Waals surface area contributed by atoms with Gasteiger partial charge in [0.05, 0.1) is 48.8 Å². The van der Waals surface area contributed by atoms with E-state index in [9.17, 15) is 23.1 Å². The number of nitrogens with one attached hydrogen (secondary N) is 1. The zero-order chi connectivity index (χ0) is 22.1. The van der Waals surface area contributed by atoms with Crippen LogP contribution in [0.3, 0.4) is 0 Å². The van der Waals surface area contributed by atoms with Crippen molar-refractivity contribution >= 4 is 16.7 Å². The third-order valence-electron chi connectivity index (χ3n) is 5.11. The van der Waals surface area contributed by atoms with E-state index in [2.05, 4.69) is 15.3 Å². The summed E-state index contributed by atoms with van der Waals surface area (Å²) < 4.78 is 47.4. The van der Waals surface area contributed by atoms with Gasteiger partial charge >= 0.3 is 6.01 Å². The molecule has 11 heteroatoms. The highest BCUT2D eigenvalue weighted by Gasteiger charge is 2.21. The maximum atomic E-state index is 14.6. The third-order valence-corrected chi connectivity index (χ3v) is 5.11. The number of alkyl halides is 2. The summed E-state index contributed by atoms with van der Waals surface area (Å²) in [5.74, 6) is -0.871. The van der Waals surface area contributed by atoms with Crippen LogP contribution in [0.4, 0.5) is 19.0 Å². The monoisotopic (exact) mass is 435 g/mol. The number of anilines is 1. The SMILES string of the molecule is CC(Nc1nc(O)nc2cc(=O)n(N3CCOCC3)cc12)c1cccc(C(F)F)c1F. The zero-order valence-corrected chi connectivity index (χ0v) is 16.6. The second kappa shape index (κ2) is 8.42. The van der Waals surface area contributed by atoms with E-state index in [0.29, 0.717) is 31.7 Å². The highest BCUT2D eigenvalue weighted by atomic mass is 19.3. The number of rotatable bonds is 5. The summed E-state index contributed by atoms with van der Waals surface area (Å²) in [6.07, 6.45) is -1.41. The van der Waals surface area contributed by atoms with E-state index < -0.39 is 29.9 Å². The first-order valence-electron chi connectivity index (χ1n) is 9.64. The van der Waals surface area contributed by atoms with Crippen molar-refractivity contribution in [3.63, 3.8) is 0 Å². The number of pyridine rings is 1. The summed E-state index contributed by atoms with van der Waals surface area (Å²) in [6.45, 7) is 3.54. The normalized spacial score (nSPS) is 15.5. The minimum Gasteiger partial charge on any atom is -0.479 e. The molecule has 3 heterocycles. The molecule has 2 aromatic heterocycles. The van der Waals surface area contributed by atoms with Crippen molar-refractivity contribution < 1.29 is 23.0 Å². The second-order valence-electron chi connectivity index (χ2n) is 7.11. The van der Waals surface area contributed by atoms with Gasteiger partial charge in [-0.05, 0) is 6.92 Å². The largest absolute Gasteiger partial charge is 0.479 e. The summed E-state index contributed by atoms with van der Waals surface area (Å²) in [5.41, 5.74) is -0.825. The quantitative estimate of drug-likeness (QED) is 0.637. The second-order valence-corrected chi connectivity index (χ2v) is 7.11. The predicted molar refractivity (Wildman–Crippen MR) is 108 cm³/mol. The van der Waals surface area contributed by atoms with Crippen molar-refractivity contribution in [1.29, 1.82) is 0 Å². The molecule has 0 amide bonds. The molecule has 164 valence electrons. The Hall–Kier alpha value is -3.34. The van der Waals surface area contributed by atoms with Gasteiger partial charge in [0, 0.05) is 17.8 Å². The van der Waals surface area contributed by atoms with Gasteiger partial charge in [-0.15, -0.1) is 0 Å². The number of ether oxygens (including phenoxy) is 1. The standard InChI is InChI=1S/C20H20F3N5O3/c1-11(12-3-2-4-13(17(12)21)18(22)23)24-19-14-10-28(27-5-7-31-8-6-27)16(29)9-15(14)25-20(30)26-19/h2-4,9-11,18H,5-8H2,1H3,(H2,24,25,26,30). The molecule has 3 aromatic rings. The Morgan fingerprint density at radius 3 is 2.61 bits per heavy atom. The van der Waals surface area contributed by atoms with Crippen molar-refractivity contribution in [2.24, 2.45) is 0 Å². The lowest BCUT2D eigenvalue weighted by Crippen LogP contribution is -2.48. The fraction of sp³-hybridized carbons (Fsp3) is 0.350. The lowest BCUT2D eigenvalue weighted by molar-refractivity contribution is 0.111. The molecule has 0 spiro atoms.